The first-order valence-corrected chi connectivity index (χ1v) is 10.5. The van der Waals surface area contributed by atoms with Gasteiger partial charge < -0.3 is 4.90 Å². The third-order valence-electron chi connectivity index (χ3n) is 6.19. The number of aryl methyl sites for hydroxylation is 2. The van der Waals surface area contributed by atoms with Crippen LogP contribution in [0.2, 0.25) is 0 Å². The molecule has 0 bridgehead atoms. The van der Waals surface area contributed by atoms with Gasteiger partial charge in [-0.05, 0) is 30.9 Å². The van der Waals surface area contributed by atoms with E-state index in [1.807, 2.05) is 37.3 Å². The first-order chi connectivity index (χ1) is 15.7. The molecule has 0 spiro atoms. The lowest BCUT2D eigenvalue weighted by Crippen LogP contribution is -2.39. The summed E-state index contributed by atoms with van der Waals surface area (Å²) in [7, 11) is 3.18. The average molecular weight is 454 g/mol. The molecule has 10 heteroatoms. The molecule has 1 aliphatic rings. The number of aromatic nitrogens is 5. The van der Waals surface area contributed by atoms with Gasteiger partial charge in [-0.15, -0.1) is 0 Å². The van der Waals surface area contributed by atoms with Crippen molar-refractivity contribution in [1.29, 1.82) is 0 Å². The highest BCUT2D eigenvalue weighted by Gasteiger charge is 2.38. The first kappa shape index (κ1) is 21.2. The summed E-state index contributed by atoms with van der Waals surface area (Å²) < 4.78 is 42.4. The van der Waals surface area contributed by atoms with E-state index in [9.17, 15) is 18.0 Å². The Balaban J connectivity index is 1.53. The normalized spacial score (nSPS) is 16.3. The van der Waals surface area contributed by atoms with Crippen LogP contribution in [-0.4, -0.2) is 41.9 Å². The molecule has 4 heterocycles. The van der Waals surface area contributed by atoms with Crippen LogP contribution < -0.4 is 0 Å². The number of rotatable bonds is 2. The molecule has 1 aliphatic heterocycles. The molecule has 0 N–H and O–H groups in total. The maximum Gasteiger partial charge on any atom is 0.435 e. The van der Waals surface area contributed by atoms with E-state index < -0.39 is 11.9 Å². The molecule has 33 heavy (non-hydrogen) atoms. The number of alkyl halides is 3. The summed E-state index contributed by atoms with van der Waals surface area (Å²) in [6.07, 6.45) is -2.45. The van der Waals surface area contributed by atoms with Crippen molar-refractivity contribution in [2.24, 2.45) is 14.1 Å². The van der Waals surface area contributed by atoms with Crippen LogP contribution in [0, 0.1) is 0 Å². The van der Waals surface area contributed by atoms with Crippen molar-refractivity contribution in [3.05, 3.63) is 65.2 Å². The van der Waals surface area contributed by atoms with Crippen LogP contribution in [0.1, 0.15) is 40.4 Å². The summed E-state index contributed by atoms with van der Waals surface area (Å²) in [6.45, 7) is 2.28. The lowest BCUT2D eigenvalue weighted by atomic mass is 9.96. The van der Waals surface area contributed by atoms with Crippen molar-refractivity contribution >= 4 is 16.7 Å². The van der Waals surface area contributed by atoms with E-state index in [1.54, 1.807) is 22.8 Å². The van der Waals surface area contributed by atoms with Crippen LogP contribution in [0.25, 0.3) is 22.2 Å². The van der Waals surface area contributed by atoms with Crippen molar-refractivity contribution in [2.45, 2.75) is 25.6 Å². The predicted octanol–water partition coefficient (Wildman–Crippen LogP) is 4.15. The largest absolute Gasteiger partial charge is 0.435 e. The Morgan fingerprint density at radius 3 is 2.58 bits per heavy atom. The van der Waals surface area contributed by atoms with E-state index in [2.05, 4.69) is 15.2 Å². The second-order valence-corrected chi connectivity index (χ2v) is 8.18. The number of hydrogen-bond donors (Lipinski definition) is 0. The van der Waals surface area contributed by atoms with Gasteiger partial charge >= 0.3 is 6.18 Å². The SMILES string of the molecule is CC1c2nn(C)c(-c3cc(C(F)(F)F)nn3C)c2CCN1C(=O)c1nccc2ccccc12. The van der Waals surface area contributed by atoms with Crippen LogP contribution >= 0.6 is 0 Å². The zero-order valence-electron chi connectivity index (χ0n) is 18.3. The number of fused-ring (bicyclic) bond motifs is 2. The van der Waals surface area contributed by atoms with Gasteiger partial charge in [-0.1, -0.05) is 24.3 Å². The van der Waals surface area contributed by atoms with Crippen LogP contribution in [-0.2, 0) is 26.7 Å². The van der Waals surface area contributed by atoms with E-state index >= 15 is 0 Å². The molecule has 0 fully saturated rings. The number of amides is 1. The maximum atomic E-state index is 13.5. The number of benzene rings is 1. The Bertz CT molecular complexity index is 1380. The Morgan fingerprint density at radius 2 is 1.85 bits per heavy atom. The van der Waals surface area contributed by atoms with E-state index in [0.29, 0.717) is 35.7 Å². The zero-order valence-corrected chi connectivity index (χ0v) is 18.3. The first-order valence-electron chi connectivity index (χ1n) is 10.5. The van der Waals surface area contributed by atoms with Crippen molar-refractivity contribution < 1.29 is 18.0 Å². The fourth-order valence-corrected chi connectivity index (χ4v) is 4.60. The van der Waals surface area contributed by atoms with E-state index in [1.165, 1.54) is 11.7 Å². The Kier molecular flexibility index (Phi) is 4.77. The van der Waals surface area contributed by atoms with E-state index in [-0.39, 0.29) is 11.9 Å². The monoisotopic (exact) mass is 454 g/mol. The van der Waals surface area contributed by atoms with E-state index in [4.69, 9.17) is 0 Å². The summed E-state index contributed by atoms with van der Waals surface area (Å²) in [5.74, 6) is -0.197. The van der Waals surface area contributed by atoms with Crippen LogP contribution in [0.4, 0.5) is 13.2 Å². The minimum absolute atomic E-state index is 0.197. The summed E-state index contributed by atoms with van der Waals surface area (Å²) in [6, 6.07) is 10.1. The highest BCUT2D eigenvalue weighted by molar-refractivity contribution is 6.05. The predicted molar refractivity (Wildman–Crippen MR) is 115 cm³/mol. The smallest absolute Gasteiger partial charge is 0.329 e. The summed E-state index contributed by atoms with van der Waals surface area (Å²) in [5.41, 5.74) is 1.84. The number of hydrogen-bond acceptors (Lipinski definition) is 4. The van der Waals surface area contributed by atoms with E-state index in [0.717, 1.165) is 22.4 Å². The van der Waals surface area contributed by atoms with Gasteiger partial charge in [0.1, 0.15) is 5.69 Å². The molecule has 0 aliphatic carbocycles. The molecule has 1 amide bonds. The third-order valence-corrected chi connectivity index (χ3v) is 6.19. The number of halogens is 3. The van der Waals surface area contributed by atoms with Gasteiger partial charge in [-0.2, -0.15) is 23.4 Å². The zero-order chi connectivity index (χ0) is 23.5. The van der Waals surface area contributed by atoms with Crippen LogP contribution in [0.15, 0.2) is 42.6 Å². The van der Waals surface area contributed by atoms with Gasteiger partial charge in [0.2, 0.25) is 0 Å². The number of nitrogens with zero attached hydrogens (tertiary/aromatic N) is 6. The van der Waals surface area contributed by atoms with Gasteiger partial charge in [0, 0.05) is 37.8 Å². The molecule has 4 aromatic rings. The van der Waals surface area contributed by atoms with Crippen molar-refractivity contribution in [3.8, 4) is 11.4 Å². The second-order valence-electron chi connectivity index (χ2n) is 8.18. The molecule has 5 rings (SSSR count). The molecule has 0 saturated carbocycles. The lowest BCUT2D eigenvalue weighted by Gasteiger charge is -2.33. The van der Waals surface area contributed by atoms with Gasteiger partial charge in [-0.3, -0.25) is 19.1 Å². The summed E-state index contributed by atoms with van der Waals surface area (Å²) in [4.78, 5) is 19.5. The average Bonchev–Trinajstić information content (AvgIpc) is 3.32. The highest BCUT2D eigenvalue weighted by atomic mass is 19.4. The molecular weight excluding hydrogens is 433 g/mol. The Morgan fingerprint density at radius 1 is 1.09 bits per heavy atom. The van der Waals surface area contributed by atoms with Gasteiger partial charge in [-0.25, -0.2) is 0 Å². The number of carbonyl (C=O) groups excluding carboxylic acids is 1. The molecule has 170 valence electrons. The van der Waals surface area contributed by atoms with Crippen molar-refractivity contribution in [1.82, 2.24) is 29.4 Å². The van der Waals surface area contributed by atoms with Gasteiger partial charge in [0.15, 0.2) is 5.69 Å². The summed E-state index contributed by atoms with van der Waals surface area (Å²) in [5, 5.41) is 9.93. The molecular formula is C23H21F3N6O. The minimum atomic E-state index is -4.53. The molecule has 1 atom stereocenters. The third kappa shape index (κ3) is 3.37. The van der Waals surface area contributed by atoms with Gasteiger partial charge in [0.05, 0.1) is 23.1 Å². The topological polar surface area (TPSA) is 68.8 Å². The quantitative estimate of drug-likeness (QED) is 0.456. The lowest BCUT2D eigenvalue weighted by molar-refractivity contribution is -0.141. The Labute approximate surface area is 187 Å². The second kappa shape index (κ2) is 7.43. The molecule has 0 radical (unpaired) electrons. The highest BCUT2D eigenvalue weighted by Crippen LogP contribution is 2.38. The molecule has 0 saturated heterocycles. The van der Waals surface area contributed by atoms with Crippen LogP contribution in [0.5, 0.6) is 0 Å². The maximum absolute atomic E-state index is 13.5. The van der Waals surface area contributed by atoms with Crippen LogP contribution in [0.3, 0.4) is 0 Å². The number of carbonyl (C=O) groups is 1. The van der Waals surface area contributed by atoms with Crippen molar-refractivity contribution in [2.75, 3.05) is 6.54 Å². The van der Waals surface area contributed by atoms with Gasteiger partial charge in [0.25, 0.3) is 5.91 Å². The Hall–Kier alpha value is -3.69. The number of pyridine rings is 1. The molecule has 1 aromatic carbocycles. The minimum Gasteiger partial charge on any atom is -0.329 e. The van der Waals surface area contributed by atoms with Crippen molar-refractivity contribution in [3.63, 3.8) is 0 Å². The standard InChI is InChI=1S/C23H21F3N6O/c1-13-19-16(21(31(3)29-19)17-12-18(23(24,25)26)28-30(17)2)9-11-32(13)22(33)20-15-7-5-4-6-14(15)8-10-27-20/h4-8,10,12-13H,9,11H2,1-3H3. The molecule has 7 nitrogen and oxygen atoms in total. The molecule has 3 aromatic heterocycles. The fourth-order valence-electron chi connectivity index (χ4n) is 4.60. The summed E-state index contributed by atoms with van der Waals surface area (Å²) >= 11 is 0. The fraction of sp³-hybridized carbons (Fsp3) is 0.304. The molecule has 1 unspecified atom stereocenters.